The first kappa shape index (κ1) is 19.8. The molecule has 6 nitrogen and oxygen atoms in total. The quantitative estimate of drug-likeness (QED) is 0.245. The predicted molar refractivity (Wildman–Crippen MR) is 117 cm³/mol. The van der Waals surface area contributed by atoms with E-state index in [9.17, 15) is 14.0 Å². The number of thioether (sulfide) groups is 1. The maximum Gasteiger partial charge on any atom is 0.272 e. The lowest BCUT2D eigenvalue weighted by molar-refractivity contribution is 0.102. The van der Waals surface area contributed by atoms with Gasteiger partial charge in [0.15, 0.2) is 22.4 Å². The van der Waals surface area contributed by atoms with Gasteiger partial charge in [-0.15, -0.1) is 11.3 Å². The molecule has 2 aromatic heterocycles. The van der Waals surface area contributed by atoms with Crippen LogP contribution in [0.4, 0.5) is 4.39 Å². The van der Waals surface area contributed by atoms with Crippen molar-refractivity contribution in [2.24, 2.45) is 0 Å². The van der Waals surface area contributed by atoms with Gasteiger partial charge < -0.3 is 9.47 Å². The molecule has 4 aromatic rings. The van der Waals surface area contributed by atoms with E-state index in [0.29, 0.717) is 32.4 Å². The molecule has 31 heavy (non-hydrogen) atoms. The summed E-state index contributed by atoms with van der Waals surface area (Å²) in [6.45, 7) is 0.456. The third-order valence-electron chi connectivity index (χ3n) is 4.81. The molecule has 0 spiro atoms. The maximum absolute atomic E-state index is 13.1. The molecule has 0 unspecified atom stereocenters. The maximum atomic E-state index is 13.1. The van der Waals surface area contributed by atoms with Crippen LogP contribution in [0.15, 0.2) is 63.9 Å². The van der Waals surface area contributed by atoms with Crippen LogP contribution in [0.25, 0.3) is 10.2 Å². The van der Waals surface area contributed by atoms with Gasteiger partial charge in [0.1, 0.15) is 10.5 Å². The van der Waals surface area contributed by atoms with Gasteiger partial charge in [-0.25, -0.2) is 9.37 Å². The molecule has 5 rings (SSSR count). The lowest BCUT2D eigenvalue weighted by atomic mass is 10.1. The van der Waals surface area contributed by atoms with Gasteiger partial charge in [0.05, 0.1) is 17.8 Å². The first-order chi connectivity index (χ1) is 15.1. The normalized spacial score (nSPS) is 12.4. The average Bonchev–Trinajstić information content (AvgIpc) is 3.44. The summed E-state index contributed by atoms with van der Waals surface area (Å²) in [5.74, 6) is 0.818. The van der Waals surface area contributed by atoms with Crippen LogP contribution in [0.2, 0.25) is 0 Å². The lowest BCUT2D eigenvalue weighted by Gasteiger charge is -2.12. The van der Waals surface area contributed by atoms with E-state index in [1.54, 1.807) is 10.6 Å². The highest BCUT2D eigenvalue weighted by Gasteiger charge is 2.18. The predicted octanol–water partition coefficient (Wildman–Crippen LogP) is 4.35. The van der Waals surface area contributed by atoms with Gasteiger partial charge in [-0.05, 0) is 53.4 Å². The zero-order valence-electron chi connectivity index (χ0n) is 16.0. The molecule has 1 aliphatic heterocycles. The number of ether oxygens (including phenoxy) is 2. The summed E-state index contributed by atoms with van der Waals surface area (Å²) in [4.78, 5) is 30.3. The SMILES string of the molecule is O=C(CSc1nc2ccsc2c(=O)n1Cc1ccc2c(c1)OCO2)c1ccc(F)cc1. The first-order valence-electron chi connectivity index (χ1n) is 9.36. The second-order valence-corrected chi connectivity index (χ2v) is 8.69. The van der Waals surface area contributed by atoms with Crippen LogP contribution in [0.1, 0.15) is 15.9 Å². The van der Waals surface area contributed by atoms with E-state index < -0.39 is 5.82 Å². The van der Waals surface area contributed by atoms with Crippen LogP contribution in [0.3, 0.4) is 0 Å². The molecule has 0 amide bonds. The number of hydrogen-bond donors (Lipinski definition) is 0. The Hall–Kier alpha value is -3.17. The van der Waals surface area contributed by atoms with Crippen molar-refractivity contribution in [1.29, 1.82) is 0 Å². The van der Waals surface area contributed by atoms with E-state index >= 15 is 0 Å². The average molecular weight is 455 g/mol. The first-order valence-corrected chi connectivity index (χ1v) is 11.2. The Morgan fingerprint density at radius 1 is 1.13 bits per heavy atom. The number of ketones is 1. The second kappa shape index (κ2) is 8.16. The number of halogens is 1. The number of benzene rings is 2. The van der Waals surface area contributed by atoms with Crippen LogP contribution >= 0.6 is 23.1 Å². The summed E-state index contributed by atoms with van der Waals surface area (Å²) >= 11 is 2.53. The van der Waals surface area contributed by atoms with Crippen LogP contribution in [-0.2, 0) is 6.54 Å². The zero-order valence-corrected chi connectivity index (χ0v) is 17.7. The highest BCUT2D eigenvalue weighted by Crippen LogP contribution is 2.33. The van der Waals surface area contributed by atoms with Gasteiger partial charge in [-0.1, -0.05) is 17.8 Å². The number of Topliss-reactive ketones (excluding diaryl/α,β-unsaturated/α-hetero) is 1. The number of rotatable bonds is 6. The highest BCUT2D eigenvalue weighted by molar-refractivity contribution is 7.99. The standard InChI is InChI=1S/C22H15FN2O4S2/c23-15-4-2-14(3-5-15)17(26)11-31-22-24-16-7-8-30-20(16)21(27)25(22)10-13-1-6-18-19(9-13)29-12-28-18/h1-9H,10-12H2. The molecule has 0 bridgehead atoms. The van der Waals surface area contributed by atoms with Crippen LogP contribution < -0.4 is 15.0 Å². The molecule has 0 saturated heterocycles. The summed E-state index contributed by atoms with van der Waals surface area (Å²) in [5, 5.41) is 2.27. The largest absolute Gasteiger partial charge is 0.454 e. The van der Waals surface area contributed by atoms with Crippen molar-refractivity contribution < 1.29 is 18.7 Å². The molecule has 156 valence electrons. The third kappa shape index (κ3) is 3.94. The van der Waals surface area contributed by atoms with Gasteiger partial charge >= 0.3 is 0 Å². The fourth-order valence-electron chi connectivity index (χ4n) is 3.24. The minimum Gasteiger partial charge on any atom is -0.454 e. The Morgan fingerprint density at radius 2 is 1.94 bits per heavy atom. The number of hydrogen-bond acceptors (Lipinski definition) is 7. The van der Waals surface area contributed by atoms with E-state index in [2.05, 4.69) is 4.98 Å². The number of carbonyl (C=O) groups is 1. The number of fused-ring (bicyclic) bond motifs is 2. The molecule has 0 aliphatic carbocycles. The number of thiophene rings is 1. The smallest absolute Gasteiger partial charge is 0.272 e. The number of nitrogens with zero attached hydrogens (tertiary/aromatic N) is 2. The molecule has 0 radical (unpaired) electrons. The van der Waals surface area contributed by atoms with Gasteiger partial charge in [0.2, 0.25) is 6.79 Å². The Labute approximate surface area is 184 Å². The second-order valence-electron chi connectivity index (χ2n) is 6.83. The van der Waals surface area contributed by atoms with Gasteiger partial charge in [-0.2, -0.15) is 0 Å². The van der Waals surface area contributed by atoms with Crippen molar-refractivity contribution in [3.8, 4) is 11.5 Å². The van der Waals surface area contributed by atoms with Crippen molar-refractivity contribution >= 4 is 39.1 Å². The summed E-state index contributed by atoms with van der Waals surface area (Å²) in [7, 11) is 0. The van der Waals surface area contributed by atoms with Gasteiger partial charge in [0, 0.05) is 5.56 Å². The molecule has 0 saturated carbocycles. The van der Waals surface area contributed by atoms with Crippen molar-refractivity contribution in [3.63, 3.8) is 0 Å². The topological polar surface area (TPSA) is 70.4 Å². The molecule has 0 atom stereocenters. The van der Waals surface area contributed by atoms with Crippen molar-refractivity contribution in [1.82, 2.24) is 9.55 Å². The molecular formula is C22H15FN2O4S2. The Balaban J connectivity index is 1.46. The Kier molecular flexibility index (Phi) is 5.21. The van der Waals surface area contributed by atoms with E-state index in [-0.39, 0.29) is 30.4 Å². The fraction of sp³-hybridized carbons (Fsp3) is 0.136. The summed E-state index contributed by atoms with van der Waals surface area (Å²) in [5.41, 5.74) is 1.72. The summed E-state index contributed by atoms with van der Waals surface area (Å²) in [6.07, 6.45) is 0. The molecule has 9 heteroatoms. The summed E-state index contributed by atoms with van der Waals surface area (Å²) in [6, 6.07) is 12.7. The number of aromatic nitrogens is 2. The van der Waals surface area contributed by atoms with E-state index in [0.717, 1.165) is 5.56 Å². The molecule has 1 aliphatic rings. The molecule has 3 heterocycles. The minimum atomic E-state index is -0.397. The van der Waals surface area contributed by atoms with Crippen LogP contribution in [0, 0.1) is 5.82 Å². The van der Waals surface area contributed by atoms with Crippen molar-refractivity contribution in [2.75, 3.05) is 12.5 Å². The monoisotopic (exact) mass is 454 g/mol. The molecule has 0 fully saturated rings. The van der Waals surface area contributed by atoms with E-state index in [1.807, 2.05) is 23.6 Å². The van der Waals surface area contributed by atoms with Crippen LogP contribution in [0.5, 0.6) is 11.5 Å². The summed E-state index contributed by atoms with van der Waals surface area (Å²) < 4.78 is 26.0. The minimum absolute atomic E-state index is 0.0782. The van der Waals surface area contributed by atoms with Crippen molar-refractivity contribution in [3.05, 3.63) is 81.2 Å². The highest BCUT2D eigenvalue weighted by atomic mass is 32.2. The Bertz CT molecular complexity index is 1350. The zero-order chi connectivity index (χ0) is 21.4. The Morgan fingerprint density at radius 3 is 2.77 bits per heavy atom. The molecule has 0 N–H and O–H groups in total. The fourth-order valence-corrected chi connectivity index (χ4v) is 4.92. The molecular weight excluding hydrogens is 439 g/mol. The van der Waals surface area contributed by atoms with Gasteiger partial charge in [0.25, 0.3) is 5.56 Å². The third-order valence-corrected chi connectivity index (χ3v) is 6.68. The lowest BCUT2D eigenvalue weighted by Crippen LogP contribution is -2.23. The van der Waals surface area contributed by atoms with E-state index in [1.165, 1.54) is 47.4 Å². The molecule has 2 aromatic carbocycles. The van der Waals surface area contributed by atoms with Crippen LogP contribution in [-0.4, -0.2) is 27.9 Å². The van der Waals surface area contributed by atoms with E-state index in [4.69, 9.17) is 9.47 Å². The number of carbonyl (C=O) groups excluding carboxylic acids is 1. The van der Waals surface area contributed by atoms with Gasteiger partial charge in [-0.3, -0.25) is 14.2 Å². The van der Waals surface area contributed by atoms with Crippen molar-refractivity contribution in [2.45, 2.75) is 11.7 Å².